The average molecular weight is 259 g/mol. The zero-order chi connectivity index (χ0) is 10.4. The van der Waals surface area contributed by atoms with Gasteiger partial charge in [0.25, 0.3) is 0 Å². The monoisotopic (exact) mass is 258 g/mol. The maximum absolute atomic E-state index is 5.69. The maximum atomic E-state index is 5.69. The second kappa shape index (κ2) is 6.04. The third kappa shape index (κ3) is 4.11. The molecule has 1 atom stereocenters. The van der Waals surface area contributed by atoms with Gasteiger partial charge < -0.3 is 9.47 Å². The Morgan fingerprint density at radius 2 is 2.21 bits per heavy atom. The van der Waals surface area contributed by atoms with Gasteiger partial charge in [-0.25, -0.2) is 0 Å². The Balaban J connectivity index is 2.43. The SMILES string of the molecule is COCCC(C)Oc1cccc(Br)c1. The zero-order valence-electron chi connectivity index (χ0n) is 8.50. The molecule has 0 saturated carbocycles. The van der Waals surface area contributed by atoms with Crippen LogP contribution in [0.2, 0.25) is 0 Å². The molecule has 0 N–H and O–H groups in total. The van der Waals surface area contributed by atoms with Gasteiger partial charge in [-0.15, -0.1) is 0 Å². The van der Waals surface area contributed by atoms with E-state index in [0.717, 1.165) is 23.2 Å². The highest BCUT2D eigenvalue weighted by molar-refractivity contribution is 9.10. The standard InChI is InChI=1S/C11H15BrO2/c1-9(6-7-13-2)14-11-5-3-4-10(12)8-11/h3-5,8-9H,6-7H2,1-2H3. The Bertz CT molecular complexity index is 276. The van der Waals surface area contributed by atoms with E-state index in [9.17, 15) is 0 Å². The van der Waals surface area contributed by atoms with Gasteiger partial charge >= 0.3 is 0 Å². The van der Waals surface area contributed by atoms with Crippen molar-refractivity contribution >= 4 is 15.9 Å². The number of methoxy groups -OCH3 is 1. The Kier molecular flexibility index (Phi) is 4.98. The minimum atomic E-state index is 0.184. The molecular formula is C11H15BrO2. The van der Waals surface area contributed by atoms with E-state index in [2.05, 4.69) is 15.9 Å². The molecule has 1 rings (SSSR count). The minimum Gasteiger partial charge on any atom is -0.491 e. The fourth-order valence-corrected chi connectivity index (χ4v) is 1.49. The molecule has 0 aliphatic rings. The van der Waals surface area contributed by atoms with Crippen LogP contribution in [0.15, 0.2) is 28.7 Å². The fraction of sp³-hybridized carbons (Fsp3) is 0.455. The number of hydrogen-bond donors (Lipinski definition) is 0. The van der Waals surface area contributed by atoms with E-state index in [1.165, 1.54) is 0 Å². The smallest absolute Gasteiger partial charge is 0.120 e. The van der Waals surface area contributed by atoms with Gasteiger partial charge in [-0.05, 0) is 25.1 Å². The number of ether oxygens (including phenoxy) is 2. The van der Waals surface area contributed by atoms with Crippen molar-refractivity contribution in [2.75, 3.05) is 13.7 Å². The van der Waals surface area contributed by atoms with Gasteiger partial charge in [0, 0.05) is 24.6 Å². The molecule has 0 aliphatic carbocycles. The molecular weight excluding hydrogens is 244 g/mol. The van der Waals surface area contributed by atoms with Gasteiger partial charge in [0.1, 0.15) is 5.75 Å². The zero-order valence-corrected chi connectivity index (χ0v) is 10.1. The van der Waals surface area contributed by atoms with E-state index in [1.807, 2.05) is 31.2 Å². The van der Waals surface area contributed by atoms with E-state index >= 15 is 0 Å². The predicted molar refractivity (Wildman–Crippen MR) is 60.7 cm³/mol. The first kappa shape index (κ1) is 11.5. The molecule has 78 valence electrons. The largest absolute Gasteiger partial charge is 0.491 e. The number of hydrogen-bond acceptors (Lipinski definition) is 2. The summed E-state index contributed by atoms with van der Waals surface area (Å²) in [6.07, 6.45) is 1.09. The summed E-state index contributed by atoms with van der Waals surface area (Å²) in [5.74, 6) is 0.892. The molecule has 0 fully saturated rings. The number of halogens is 1. The van der Waals surface area contributed by atoms with Crippen molar-refractivity contribution in [3.8, 4) is 5.75 Å². The molecule has 14 heavy (non-hydrogen) atoms. The Morgan fingerprint density at radius 3 is 2.86 bits per heavy atom. The lowest BCUT2D eigenvalue weighted by molar-refractivity contribution is 0.135. The highest BCUT2D eigenvalue weighted by atomic mass is 79.9. The minimum absolute atomic E-state index is 0.184. The molecule has 0 radical (unpaired) electrons. The third-order valence-corrected chi connectivity index (χ3v) is 2.36. The van der Waals surface area contributed by atoms with Crippen molar-refractivity contribution in [3.63, 3.8) is 0 Å². The lowest BCUT2D eigenvalue weighted by atomic mass is 10.3. The van der Waals surface area contributed by atoms with E-state index in [1.54, 1.807) is 7.11 Å². The van der Waals surface area contributed by atoms with Crippen molar-refractivity contribution in [1.29, 1.82) is 0 Å². The first-order valence-corrected chi connectivity index (χ1v) is 5.43. The number of rotatable bonds is 5. The molecule has 0 spiro atoms. The van der Waals surface area contributed by atoms with Crippen LogP contribution in [0.5, 0.6) is 5.75 Å². The van der Waals surface area contributed by atoms with Crippen LogP contribution in [0, 0.1) is 0 Å². The highest BCUT2D eigenvalue weighted by Crippen LogP contribution is 2.19. The summed E-state index contributed by atoms with van der Waals surface area (Å²) in [4.78, 5) is 0. The summed E-state index contributed by atoms with van der Waals surface area (Å²) in [5, 5.41) is 0. The quantitative estimate of drug-likeness (QED) is 0.808. The van der Waals surface area contributed by atoms with Crippen LogP contribution in [0.25, 0.3) is 0 Å². The van der Waals surface area contributed by atoms with E-state index in [0.29, 0.717) is 0 Å². The molecule has 0 bridgehead atoms. The molecule has 3 heteroatoms. The average Bonchev–Trinajstić information content (AvgIpc) is 2.15. The molecule has 2 nitrogen and oxygen atoms in total. The van der Waals surface area contributed by atoms with E-state index < -0.39 is 0 Å². The maximum Gasteiger partial charge on any atom is 0.120 e. The van der Waals surface area contributed by atoms with Crippen LogP contribution < -0.4 is 4.74 Å². The summed E-state index contributed by atoms with van der Waals surface area (Å²) in [6, 6.07) is 7.85. The molecule has 1 aromatic carbocycles. The second-order valence-electron chi connectivity index (χ2n) is 3.17. The predicted octanol–water partition coefficient (Wildman–Crippen LogP) is 3.25. The van der Waals surface area contributed by atoms with Gasteiger partial charge in [-0.2, -0.15) is 0 Å². The molecule has 1 unspecified atom stereocenters. The van der Waals surface area contributed by atoms with Crippen molar-refractivity contribution in [2.24, 2.45) is 0 Å². The first-order valence-electron chi connectivity index (χ1n) is 4.63. The van der Waals surface area contributed by atoms with Crippen LogP contribution in [0.3, 0.4) is 0 Å². The Labute approximate surface area is 93.4 Å². The van der Waals surface area contributed by atoms with Crippen LogP contribution in [-0.4, -0.2) is 19.8 Å². The fourth-order valence-electron chi connectivity index (χ4n) is 1.12. The summed E-state index contributed by atoms with van der Waals surface area (Å²) >= 11 is 3.40. The van der Waals surface area contributed by atoms with Crippen molar-refractivity contribution in [1.82, 2.24) is 0 Å². The van der Waals surface area contributed by atoms with Gasteiger partial charge in [-0.1, -0.05) is 22.0 Å². The Hall–Kier alpha value is -0.540. The summed E-state index contributed by atoms with van der Waals surface area (Å²) in [6.45, 7) is 2.77. The number of benzene rings is 1. The summed E-state index contributed by atoms with van der Waals surface area (Å²) in [7, 11) is 1.70. The van der Waals surface area contributed by atoms with Crippen molar-refractivity contribution < 1.29 is 9.47 Å². The van der Waals surface area contributed by atoms with Gasteiger partial charge in [0.15, 0.2) is 0 Å². The van der Waals surface area contributed by atoms with Crippen molar-refractivity contribution in [3.05, 3.63) is 28.7 Å². The molecule has 0 aromatic heterocycles. The lowest BCUT2D eigenvalue weighted by Crippen LogP contribution is -2.14. The lowest BCUT2D eigenvalue weighted by Gasteiger charge is -2.14. The van der Waals surface area contributed by atoms with Crippen LogP contribution in [0.1, 0.15) is 13.3 Å². The van der Waals surface area contributed by atoms with Crippen LogP contribution in [-0.2, 0) is 4.74 Å². The first-order chi connectivity index (χ1) is 6.72. The second-order valence-corrected chi connectivity index (χ2v) is 4.08. The van der Waals surface area contributed by atoms with E-state index in [4.69, 9.17) is 9.47 Å². The van der Waals surface area contributed by atoms with Gasteiger partial charge in [-0.3, -0.25) is 0 Å². The molecule has 0 heterocycles. The Morgan fingerprint density at radius 1 is 1.43 bits per heavy atom. The topological polar surface area (TPSA) is 18.5 Å². The highest BCUT2D eigenvalue weighted by Gasteiger charge is 2.03. The van der Waals surface area contributed by atoms with Gasteiger partial charge in [0.05, 0.1) is 6.10 Å². The molecule has 0 amide bonds. The normalized spacial score (nSPS) is 12.5. The van der Waals surface area contributed by atoms with Crippen LogP contribution >= 0.6 is 15.9 Å². The van der Waals surface area contributed by atoms with Gasteiger partial charge in [0.2, 0.25) is 0 Å². The van der Waals surface area contributed by atoms with Crippen molar-refractivity contribution in [2.45, 2.75) is 19.4 Å². The van der Waals surface area contributed by atoms with E-state index in [-0.39, 0.29) is 6.10 Å². The summed E-state index contributed by atoms with van der Waals surface area (Å²) < 4.78 is 11.7. The third-order valence-electron chi connectivity index (χ3n) is 1.86. The molecule has 1 aromatic rings. The molecule has 0 saturated heterocycles. The molecule has 0 aliphatic heterocycles. The summed E-state index contributed by atoms with van der Waals surface area (Å²) in [5.41, 5.74) is 0. The van der Waals surface area contributed by atoms with Crippen LogP contribution in [0.4, 0.5) is 0 Å².